The molecule has 104 valence electrons. The summed E-state index contributed by atoms with van der Waals surface area (Å²) in [6.45, 7) is 3.67. The van der Waals surface area contributed by atoms with Crippen molar-refractivity contribution in [3.63, 3.8) is 0 Å². The third kappa shape index (κ3) is 3.78. The average molecular weight is 261 g/mol. The summed E-state index contributed by atoms with van der Waals surface area (Å²) in [6.07, 6.45) is 0.774. The molecule has 0 radical (unpaired) electrons. The van der Waals surface area contributed by atoms with Gasteiger partial charge in [-0.05, 0) is 38.6 Å². The Hall–Kier alpha value is -1.39. The predicted molar refractivity (Wildman–Crippen MR) is 76.9 cm³/mol. The standard InChI is InChI=1S/C15H23N3O/c1-11(10-18(2)3)17-15(19)14-8-12-6-4-5-7-13(12)9-16-14/h4-7,11,14,16H,8-10H2,1-3H3,(H,17,19)/t11?,14-/m1/s1. The first-order valence-corrected chi connectivity index (χ1v) is 6.81. The van der Waals surface area contributed by atoms with Gasteiger partial charge in [-0.3, -0.25) is 4.79 Å². The minimum atomic E-state index is -0.112. The van der Waals surface area contributed by atoms with Crippen molar-refractivity contribution >= 4 is 5.91 Å². The number of likely N-dealkylation sites (N-methyl/N-ethyl adjacent to an activating group) is 1. The van der Waals surface area contributed by atoms with Crippen LogP contribution in [-0.4, -0.2) is 43.5 Å². The molecule has 1 aliphatic rings. The Morgan fingerprint density at radius 3 is 2.79 bits per heavy atom. The van der Waals surface area contributed by atoms with Crippen molar-refractivity contribution < 1.29 is 4.79 Å². The number of fused-ring (bicyclic) bond motifs is 1. The van der Waals surface area contributed by atoms with Crippen molar-refractivity contribution in [1.82, 2.24) is 15.5 Å². The van der Waals surface area contributed by atoms with Gasteiger partial charge in [0.1, 0.15) is 0 Å². The highest BCUT2D eigenvalue weighted by Gasteiger charge is 2.24. The molecule has 0 fully saturated rings. The molecule has 0 saturated carbocycles. The number of hydrogen-bond donors (Lipinski definition) is 2. The number of nitrogens with zero attached hydrogens (tertiary/aromatic N) is 1. The van der Waals surface area contributed by atoms with Crippen LogP contribution in [0.2, 0.25) is 0 Å². The van der Waals surface area contributed by atoms with Crippen LogP contribution in [0.15, 0.2) is 24.3 Å². The highest BCUT2D eigenvalue weighted by molar-refractivity contribution is 5.82. The van der Waals surface area contributed by atoms with E-state index in [0.717, 1.165) is 19.5 Å². The second-order valence-electron chi connectivity index (χ2n) is 5.58. The fraction of sp³-hybridized carbons (Fsp3) is 0.533. The fourth-order valence-electron chi connectivity index (χ4n) is 2.58. The molecule has 1 aliphatic heterocycles. The van der Waals surface area contributed by atoms with Gasteiger partial charge in [0, 0.05) is 19.1 Å². The quantitative estimate of drug-likeness (QED) is 0.841. The molecule has 1 amide bonds. The number of amides is 1. The summed E-state index contributed by atoms with van der Waals surface area (Å²) in [5, 5.41) is 6.38. The largest absolute Gasteiger partial charge is 0.351 e. The summed E-state index contributed by atoms with van der Waals surface area (Å²) in [7, 11) is 4.02. The Morgan fingerprint density at radius 2 is 2.11 bits per heavy atom. The van der Waals surface area contributed by atoms with Gasteiger partial charge in [-0.25, -0.2) is 0 Å². The summed E-state index contributed by atoms with van der Waals surface area (Å²) in [4.78, 5) is 14.3. The maximum Gasteiger partial charge on any atom is 0.237 e. The Bertz CT molecular complexity index is 445. The van der Waals surface area contributed by atoms with Gasteiger partial charge in [0.05, 0.1) is 6.04 Å². The van der Waals surface area contributed by atoms with Gasteiger partial charge in [0.2, 0.25) is 5.91 Å². The van der Waals surface area contributed by atoms with E-state index in [9.17, 15) is 4.79 Å². The second kappa shape index (κ2) is 6.17. The van der Waals surface area contributed by atoms with Gasteiger partial charge < -0.3 is 15.5 Å². The van der Waals surface area contributed by atoms with Crippen LogP contribution in [0, 0.1) is 0 Å². The molecule has 0 spiro atoms. The molecule has 2 atom stereocenters. The fourth-order valence-corrected chi connectivity index (χ4v) is 2.58. The minimum absolute atomic E-state index is 0.101. The number of rotatable bonds is 4. The second-order valence-corrected chi connectivity index (χ2v) is 5.58. The topological polar surface area (TPSA) is 44.4 Å². The molecule has 2 N–H and O–H groups in total. The third-order valence-electron chi connectivity index (χ3n) is 3.43. The number of carbonyl (C=O) groups is 1. The maximum absolute atomic E-state index is 12.2. The van der Waals surface area contributed by atoms with Gasteiger partial charge in [0.25, 0.3) is 0 Å². The van der Waals surface area contributed by atoms with E-state index in [4.69, 9.17) is 0 Å². The lowest BCUT2D eigenvalue weighted by Crippen LogP contribution is -2.51. The van der Waals surface area contributed by atoms with Crippen LogP contribution in [0.5, 0.6) is 0 Å². The van der Waals surface area contributed by atoms with E-state index in [2.05, 4.69) is 27.7 Å². The first-order valence-electron chi connectivity index (χ1n) is 6.81. The molecular formula is C15H23N3O. The Kier molecular flexibility index (Phi) is 4.56. The average Bonchev–Trinajstić information content (AvgIpc) is 2.37. The van der Waals surface area contributed by atoms with Crippen LogP contribution >= 0.6 is 0 Å². The highest BCUT2D eigenvalue weighted by Crippen LogP contribution is 2.16. The van der Waals surface area contributed by atoms with Crippen LogP contribution in [0.1, 0.15) is 18.1 Å². The lowest BCUT2D eigenvalue weighted by Gasteiger charge is -2.27. The Balaban J connectivity index is 1.92. The normalized spacial score (nSPS) is 19.9. The van der Waals surface area contributed by atoms with Crippen LogP contribution in [0.4, 0.5) is 0 Å². The SMILES string of the molecule is CC(CN(C)C)NC(=O)[C@H]1Cc2ccccc2CN1. The van der Waals surface area contributed by atoms with Crippen molar-refractivity contribution in [2.45, 2.75) is 32.0 Å². The van der Waals surface area contributed by atoms with Crippen LogP contribution in [-0.2, 0) is 17.8 Å². The zero-order valence-electron chi connectivity index (χ0n) is 11.9. The first-order chi connectivity index (χ1) is 9.06. The minimum Gasteiger partial charge on any atom is -0.351 e. The molecule has 1 unspecified atom stereocenters. The number of benzene rings is 1. The molecule has 0 bridgehead atoms. The highest BCUT2D eigenvalue weighted by atomic mass is 16.2. The molecule has 1 heterocycles. The first kappa shape index (κ1) is 14.0. The zero-order valence-corrected chi connectivity index (χ0v) is 11.9. The molecule has 19 heavy (non-hydrogen) atoms. The van der Waals surface area contributed by atoms with Crippen molar-refractivity contribution in [1.29, 1.82) is 0 Å². The van der Waals surface area contributed by atoms with Crippen LogP contribution < -0.4 is 10.6 Å². The van der Waals surface area contributed by atoms with E-state index in [0.29, 0.717) is 0 Å². The van der Waals surface area contributed by atoms with Crippen molar-refractivity contribution in [2.75, 3.05) is 20.6 Å². The molecule has 4 nitrogen and oxygen atoms in total. The molecular weight excluding hydrogens is 238 g/mol. The van der Waals surface area contributed by atoms with Crippen molar-refractivity contribution in [2.24, 2.45) is 0 Å². The predicted octanol–water partition coefficient (Wildman–Crippen LogP) is 0.767. The van der Waals surface area contributed by atoms with Gasteiger partial charge in [-0.1, -0.05) is 24.3 Å². The molecule has 0 aliphatic carbocycles. The van der Waals surface area contributed by atoms with Gasteiger partial charge in [-0.2, -0.15) is 0 Å². The van der Waals surface area contributed by atoms with Crippen LogP contribution in [0.25, 0.3) is 0 Å². The van der Waals surface area contributed by atoms with Gasteiger partial charge in [0.15, 0.2) is 0 Å². The third-order valence-corrected chi connectivity index (χ3v) is 3.43. The summed E-state index contributed by atoms with van der Waals surface area (Å²) in [6, 6.07) is 8.36. The molecule has 1 aromatic rings. The van der Waals surface area contributed by atoms with E-state index in [1.54, 1.807) is 0 Å². The lowest BCUT2D eigenvalue weighted by atomic mass is 9.95. The summed E-state index contributed by atoms with van der Waals surface area (Å²) in [5.41, 5.74) is 2.58. The monoisotopic (exact) mass is 261 g/mol. The number of nitrogens with one attached hydrogen (secondary N) is 2. The summed E-state index contributed by atoms with van der Waals surface area (Å²) < 4.78 is 0. The molecule has 4 heteroatoms. The van der Waals surface area contributed by atoms with E-state index in [1.807, 2.05) is 33.2 Å². The number of hydrogen-bond acceptors (Lipinski definition) is 3. The summed E-state index contributed by atoms with van der Waals surface area (Å²) >= 11 is 0. The Labute approximate surface area is 115 Å². The van der Waals surface area contributed by atoms with E-state index in [-0.39, 0.29) is 18.0 Å². The summed E-state index contributed by atoms with van der Waals surface area (Å²) in [5.74, 6) is 0.101. The zero-order chi connectivity index (χ0) is 13.8. The van der Waals surface area contributed by atoms with Crippen molar-refractivity contribution in [3.8, 4) is 0 Å². The maximum atomic E-state index is 12.2. The smallest absolute Gasteiger partial charge is 0.237 e. The van der Waals surface area contributed by atoms with E-state index in [1.165, 1.54) is 11.1 Å². The number of carbonyl (C=O) groups excluding carboxylic acids is 1. The van der Waals surface area contributed by atoms with Gasteiger partial charge >= 0.3 is 0 Å². The molecule has 0 aromatic heterocycles. The van der Waals surface area contributed by atoms with Crippen molar-refractivity contribution in [3.05, 3.63) is 35.4 Å². The molecule has 2 rings (SSSR count). The molecule has 1 aromatic carbocycles. The van der Waals surface area contributed by atoms with Gasteiger partial charge in [-0.15, -0.1) is 0 Å². The van der Waals surface area contributed by atoms with E-state index < -0.39 is 0 Å². The van der Waals surface area contributed by atoms with Crippen LogP contribution in [0.3, 0.4) is 0 Å². The molecule has 0 saturated heterocycles. The Morgan fingerprint density at radius 1 is 1.42 bits per heavy atom. The van der Waals surface area contributed by atoms with E-state index >= 15 is 0 Å². The lowest BCUT2D eigenvalue weighted by molar-refractivity contribution is -0.124.